The number of hydrogen-bond donors (Lipinski definition) is 2. The average Bonchev–Trinajstić information content (AvgIpc) is 2.59. The lowest BCUT2D eigenvalue weighted by Gasteiger charge is -2.29. The van der Waals surface area contributed by atoms with Gasteiger partial charge in [0, 0.05) is 16.1 Å². The molecule has 1 unspecified atom stereocenters. The summed E-state index contributed by atoms with van der Waals surface area (Å²) in [5, 5.41) is 12.1. The van der Waals surface area contributed by atoms with Crippen molar-refractivity contribution < 1.29 is 27.9 Å². The van der Waals surface area contributed by atoms with E-state index >= 15 is 0 Å². The number of carbonyl (C=O) groups is 2. The molecule has 8 heteroatoms. The predicted molar refractivity (Wildman–Crippen MR) is 85.2 cm³/mol. The van der Waals surface area contributed by atoms with Gasteiger partial charge in [-0.15, -0.1) is 0 Å². The maximum absolute atomic E-state index is 13.4. The van der Waals surface area contributed by atoms with Crippen LogP contribution in [0.3, 0.4) is 0 Å². The number of aliphatic hydroxyl groups is 1. The van der Waals surface area contributed by atoms with Crippen LogP contribution >= 0.6 is 11.6 Å². The molecule has 0 aliphatic carbocycles. The maximum Gasteiger partial charge on any atom is 0.430 e. The second-order valence-electron chi connectivity index (χ2n) is 5.19. The Kier molecular flexibility index (Phi) is 5.49. The smallest absolute Gasteiger partial charge is 0.369 e. The molecule has 2 aromatic carbocycles. The van der Waals surface area contributed by atoms with Crippen LogP contribution in [0, 0.1) is 0 Å². The first-order valence-corrected chi connectivity index (χ1v) is 7.45. The summed E-state index contributed by atoms with van der Waals surface area (Å²) in [4.78, 5) is 24.0. The minimum atomic E-state index is -5.29. The molecular weight excluding hydrogens is 359 g/mol. The topological polar surface area (TPSA) is 66.4 Å². The Balaban J connectivity index is 2.22. The van der Waals surface area contributed by atoms with Gasteiger partial charge in [-0.3, -0.25) is 9.59 Å². The zero-order chi connectivity index (χ0) is 18.7. The van der Waals surface area contributed by atoms with E-state index in [1.165, 1.54) is 12.1 Å². The Morgan fingerprint density at radius 2 is 1.56 bits per heavy atom. The summed E-state index contributed by atoms with van der Waals surface area (Å²) < 4.78 is 40.1. The van der Waals surface area contributed by atoms with E-state index in [4.69, 9.17) is 11.6 Å². The van der Waals surface area contributed by atoms with Crippen LogP contribution < -0.4 is 5.32 Å². The Morgan fingerprint density at radius 3 is 2.08 bits per heavy atom. The highest BCUT2D eigenvalue weighted by Crippen LogP contribution is 2.39. The number of Topliss-reactive ketones (excluding diaryl/α,β-unsaturated/α-hetero) is 1. The predicted octanol–water partition coefficient (Wildman–Crippen LogP) is 3.09. The molecule has 0 radical (unpaired) electrons. The van der Waals surface area contributed by atoms with Crippen LogP contribution in [0.15, 0.2) is 54.6 Å². The van der Waals surface area contributed by atoms with Crippen molar-refractivity contribution in [2.75, 3.05) is 6.54 Å². The molecule has 0 spiro atoms. The maximum atomic E-state index is 13.4. The van der Waals surface area contributed by atoms with Crippen molar-refractivity contribution in [1.82, 2.24) is 5.32 Å². The Labute approximate surface area is 146 Å². The van der Waals surface area contributed by atoms with Crippen molar-refractivity contribution in [3.8, 4) is 0 Å². The van der Waals surface area contributed by atoms with Gasteiger partial charge in [0.2, 0.25) is 0 Å². The van der Waals surface area contributed by atoms with Gasteiger partial charge in [0.05, 0.1) is 6.54 Å². The van der Waals surface area contributed by atoms with Gasteiger partial charge in [-0.1, -0.05) is 54.1 Å². The highest BCUT2D eigenvalue weighted by atomic mass is 35.5. The normalized spacial score (nSPS) is 13.8. The largest absolute Gasteiger partial charge is 0.430 e. The van der Waals surface area contributed by atoms with E-state index in [1.807, 2.05) is 5.32 Å². The number of alkyl halides is 3. The molecule has 132 valence electrons. The minimum Gasteiger partial charge on any atom is -0.369 e. The number of carbonyl (C=O) groups excluding carboxylic acids is 2. The van der Waals surface area contributed by atoms with Crippen LogP contribution in [0.1, 0.15) is 15.9 Å². The standard InChI is InChI=1S/C17H13ClF3NO3/c18-13-8-6-12(7-9-13)16(25,17(19,20)21)15(24)22-10-14(23)11-4-2-1-3-5-11/h1-9,25H,10H2,(H,22,24). The summed E-state index contributed by atoms with van der Waals surface area (Å²) >= 11 is 5.62. The van der Waals surface area contributed by atoms with Crippen LogP contribution in [0.5, 0.6) is 0 Å². The van der Waals surface area contributed by atoms with Crippen LogP contribution in [-0.4, -0.2) is 29.5 Å². The van der Waals surface area contributed by atoms with Crippen molar-refractivity contribution in [1.29, 1.82) is 0 Å². The van der Waals surface area contributed by atoms with E-state index in [0.717, 1.165) is 24.3 Å². The summed E-state index contributed by atoms with van der Waals surface area (Å²) in [5.74, 6) is -2.33. The Hall–Kier alpha value is -2.38. The van der Waals surface area contributed by atoms with E-state index in [2.05, 4.69) is 0 Å². The lowest BCUT2D eigenvalue weighted by atomic mass is 9.92. The fourth-order valence-corrected chi connectivity index (χ4v) is 2.26. The van der Waals surface area contributed by atoms with Crippen molar-refractivity contribution in [2.45, 2.75) is 11.8 Å². The molecule has 2 N–H and O–H groups in total. The van der Waals surface area contributed by atoms with E-state index in [0.29, 0.717) is 0 Å². The van der Waals surface area contributed by atoms with Gasteiger partial charge in [0.15, 0.2) is 5.78 Å². The number of nitrogens with one attached hydrogen (secondary N) is 1. The Bertz CT molecular complexity index is 763. The molecule has 2 rings (SSSR count). The van der Waals surface area contributed by atoms with Crippen molar-refractivity contribution >= 4 is 23.3 Å². The third-order valence-electron chi connectivity index (χ3n) is 3.51. The molecule has 0 saturated heterocycles. The van der Waals surface area contributed by atoms with Crippen LogP contribution in [-0.2, 0) is 10.4 Å². The second-order valence-corrected chi connectivity index (χ2v) is 5.62. The van der Waals surface area contributed by atoms with Crippen molar-refractivity contribution in [2.24, 2.45) is 0 Å². The summed E-state index contributed by atoms with van der Waals surface area (Å²) in [7, 11) is 0. The van der Waals surface area contributed by atoms with Gasteiger partial charge in [-0.2, -0.15) is 13.2 Å². The molecule has 0 heterocycles. The first kappa shape index (κ1) is 19.0. The van der Waals surface area contributed by atoms with Crippen molar-refractivity contribution in [3.05, 3.63) is 70.7 Å². The van der Waals surface area contributed by atoms with Gasteiger partial charge < -0.3 is 10.4 Å². The Morgan fingerprint density at radius 1 is 1.00 bits per heavy atom. The quantitative estimate of drug-likeness (QED) is 0.794. The lowest BCUT2D eigenvalue weighted by molar-refractivity contribution is -0.256. The monoisotopic (exact) mass is 371 g/mol. The molecule has 1 atom stereocenters. The first-order valence-electron chi connectivity index (χ1n) is 7.08. The summed E-state index contributed by atoms with van der Waals surface area (Å²) in [6, 6.07) is 11.8. The van der Waals surface area contributed by atoms with Gasteiger partial charge in [0.25, 0.3) is 11.5 Å². The molecular formula is C17H13ClF3NO3. The zero-order valence-electron chi connectivity index (χ0n) is 12.7. The lowest BCUT2D eigenvalue weighted by Crippen LogP contribution is -2.55. The van der Waals surface area contributed by atoms with Crippen LogP contribution in [0.4, 0.5) is 13.2 Å². The summed E-state index contributed by atoms with van der Waals surface area (Å²) in [6.45, 7) is -0.686. The molecule has 0 aliphatic heterocycles. The van der Waals surface area contributed by atoms with Crippen molar-refractivity contribution in [3.63, 3.8) is 0 Å². The molecule has 0 bridgehead atoms. The number of benzene rings is 2. The van der Waals surface area contributed by atoms with E-state index in [-0.39, 0.29) is 10.6 Å². The fourth-order valence-electron chi connectivity index (χ4n) is 2.13. The second kappa shape index (κ2) is 7.25. The number of ketones is 1. The van der Waals surface area contributed by atoms with Gasteiger partial charge in [-0.25, -0.2) is 0 Å². The van der Waals surface area contributed by atoms with Crippen LogP contribution in [0.25, 0.3) is 0 Å². The average molecular weight is 372 g/mol. The van der Waals surface area contributed by atoms with E-state index < -0.39 is 35.6 Å². The van der Waals surface area contributed by atoms with Crippen LogP contribution in [0.2, 0.25) is 5.02 Å². The molecule has 2 aromatic rings. The number of amides is 1. The number of halogens is 4. The summed E-state index contributed by atoms with van der Waals surface area (Å²) in [6.07, 6.45) is -5.29. The molecule has 0 aromatic heterocycles. The molecule has 1 amide bonds. The number of hydrogen-bond acceptors (Lipinski definition) is 3. The SMILES string of the molecule is O=C(CNC(=O)C(O)(c1ccc(Cl)cc1)C(F)(F)F)c1ccccc1. The molecule has 0 aliphatic rings. The first-order chi connectivity index (χ1) is 11.7. The fraction of sp³-hybridized carbons (Fsp3) is 0.176. The third kappa shape index (κ3) is 4.00. The highest BCUT2D eigenvalue weighted by molar-refractivity contribution is 6.30. The molecule has 25 heavy (non-hydrogen) atoms. The van der Waals surface area contributed by atoms with Gasteiger partial charge >= 0.3 is 6.18 Å². The van der Waals surface area contributed by atoms with Gasteiger partial charge in [-0.05, 0) is 12.1 Å². The van der Waals surface area contributed by atoms with E-state index in [1.54, 1.807) is 18.2 Å². The number of rotatable bonds is 5. The molecule has 0 saturated carbocycles. The van der Waals surface area contributed by atoms with Gasteiger partial charge in [0.1, 0.15) is 0 Å². The third-order valence-corrected chi connectivity index (χ3v) is 3.76. The summed E-state index contributed by atoms with van der Waals surface area (Å²) in [5.41, 5.74) is -4.27. The zero-order valence-corrected chi connectivity index (χ0v) is 13.4. The molecule has 4 nitrogen and oxygen atoms in total. The van der Waals surface area contributed by atoms with E-state index in [9.17, 15) is 27.9 Å². The minimum absolute atomic E-state index is 0.146. The highest BCUT2D eigenvalue weighted by Gasteiger charge is 2.60. The molecule has 0 fully saturated rings.